The predicted octanol–water partition coefficient (Wildman–Crippen LogP) is 4.62. The van der Waals surface area contributed by atoms with Gasteiger partial charge in [-0.25, -0.2) is 4.98 Å². The maximum atomic E-state index is 13.4. The molecule has 7 heteroatoms. The number of anilines is 1. The van der Waals surface area contributed by atoms with Crippen LogP contribution in [-0.2, 0) is 0 Å². The van der Waals surface area contributed by atoms with E-state index in [1.165, 1.54) is 19.3 Å². The molecular formula is C25H23N5O2. The van der Waals surface area contributed by atoms with Crippen molar-refractivity contribution in [2.75, 3.05) is 18.0 Å². The fraction of sp³-hybridized carbons (Fsp3) is 0.240. The van der Waals surface area contributed by atoms with Gasteiger partial charge in [0.25, 0.3) is 5.56 Å². The molecule has 0 spiro atoms. The lowest BCUT2D eigenvalue weighted by atomic mass is 9.98. The van der Waals surface area contributed by atoms with Crippen LogP contribution in [0.3, 0.4) is 0 Å². The number of phenols is 1. The number of aryl methyl sites for hydroxylation is 1. The van der Waals surface area contributed by atoms with E-state index < -0.39 is 0 Å². The largest absolute Gasteiger partial charge is 0.508 e. The number of fused-ring (bicyclic) bond motifs is 5. The van der Waals surface area contributed by atoms with Crippen LogP contribution in [0.4, 0.5) is 5.69 Å². The minimum atomic E-state index is -0.179. The molecule has 0 radical (unpaired) electrons. The molecule has 0 atom stereocenters. The molecule has 5 aromatic rings. The van der Waals surface area contributed by atoms with Crippen molar-refractivity contribution >= 4 is 38.4 Å². The topological polar surface area (TPSA) is 97.9 Å². The van der Waals surface area contributed by atoms with Crippen LogP contribution < -0.4 is 10.5 Å². The van der Waals surface area contributed by atoms with Gasteiger partial charge in [0.2, 0.25) is 0 Å². The number of nitrogens with zero attached hydrogens (tertiary/aromatic N) is 3. The lowest BCUT2D eigenvalue weighted by molar-refractivity contribution is 0.475. The van der Waals surface area contributed by atoms with Crippen molar-refractivity contribution < 1.29 is 5.11 Å². The summed E-state index contributed by atoms with van der Waals surface area (Å²) in [4.78, 5) is 23.7. The minimum Gasteiger partial charge on any atom is -0.508 e. The van der Waals surface area contributed by atoms with Crippen molar-refractivity contribution in [1.82, 2.24) is 20.2 Å². The third kappa shape index (κ3) is 2.85. The molecule has 3 aromatic heterocycles. The highest BCUT2D eigenvalue weighted by atomic mass is 16.3. The highest BCUT2D eigenvalue weighted by Gasteiger charge is 2.20. The van der Waals surface area contributed by atoms with Gasteiger partial charge in [-0.2, -0.15) is 5.10 Å². The van der Waals surface area contributed by atoms with Crippen molar-refractivity contribution in [3.63, 3.8) is 0 Å². The highest BCUT2D eigenvalue weighted by molar-refractivity contribution is 6.21. The molecule has 0 aliphatic carbocycles. The summed E-state index contributed by atoms with van der Waals surface area (Å²) in [6, 6.07) is 13.1. The number of nitrogens with one attached hydrogen (secondary N) is 2. The Morgan fingerprint density at radius 2 is 1.75 bits per heavy atom. The van der Waals surface area contributed by atoms with Gasteiger partial charge in [0.15, 0.2) is 5.65 Å². The first-order chi connectivity index (χ1) is 15.6. The van der Waals surface area contributed by atoms with Crippen LogP contribution in [0.25, 0.3) is 44.0 Å². The molecule has 3 N–H and O–H groups in total. The van der Waals surface area contributed by atoms with E-state index in [-0.39, 0.29) is 11.3 Å². The number of pyridine rings is 2. The molecule has 1 aliphatic heterocycles. The first-order valence-electron chi connectivity index (χ1n) is 11.0. The average Bonchev–Trinajstić information content (AvgIpc) is 3.19. The summed E-state index contributed by atoms with van der Waals surface area (Å²) >= 11 is 0. The molecule has 7 nitrogen and oxygen atoms in total. The Morgan fingerprint density at radius 3 is 2.53 bits per heavy atom. The lowest BCUT2D eigenvalue weighted by Gasteiger charge is -2.29. The molecule has 0 amide bonds. The Morgan fingerprint density at radius 1 is 0.969 bits per heavy atom. The molecule has 32 heavy (non-hydrogen) atoms. The molecule has 2 aromatic carbocycles. The second-order valence-electron chi connectivity index (χ2n) is 8.54. The van der Waals surface area contributed by atoms with Crippen molar-refractivity contribution in [2.45, 2.75) is 26.2 Å². The SMILES string of the molecule is Cc1[nH]nc2nc(-c3ccc(O)cc3)c3c(=O)[nH]c4cc(N5CCCCC5)ccc4c3c12. The third-order valence-corrected chi connectivity index (χ3v) is 6.49. The Balaban J connectivity index is 1.70. The Labute approximate surface area is 183 Å². The van der Waals surface area contributed by atoms with Crippen LogP contribution >= 0.6 is 0 Å². The molecule has 160 valence electrons. The first kappa shape index (κ1) is 18.9. The molecule has 0 unspecified atom stereocenters. The number of benzene rings is 2. The Hall–Kier alpha value is -3.87. The number of piperidine rings is 1. The second-order valence-corrected chi connectivity index (χ2v) is 8.54. The van der Waals surface area contributed by atoms with Gasteiger partial charge in [-0.1, -0.05) is 6.07 Å². The molecule has 0 saturated carbocycles. The van der Waals surface area contributed by atoms with E-state index in [1.807, 2.05) is 6.92 Å². The van der Waals surface area contributed by atoms with E-state index in [4.69, 9.17) is 4.98 Å². The summed E-state index contributed by atoms with van der Waals surface area (Å²) < 4.78 is 0. The van der Waals surface area contributed by atoms with Crippen molar-refractivity contribution in [1.29, 1.82) is 0 Å². The number of hydrogen-bond donors (Lipinski definition) is 3. The van der Waals surface area contributed by atoms with E-state index in [1.54, 1.807) is 24.3 Å². The van der Waals surface area contributed by atoms with Crippen molar-refractivity contribution in [3.8, 4) is 17.0 Å². The predicted molar refractivity (Wildman–Crippen MR) is 127 cm³/mol. The number of aromatic hydroxyl groups is 1. The molecule has 1 aliphatic rings. The number of hydrogen-bond acceptors (Lipinski definition) is 5. The van der Waals surface area contributed by atoms with Crippen molar-refractivity contribution in [2.24, 2.45) is 0 Å². The van der Waals surface area contributed by atoms with Gasteiger partial charge in [-0.05, 0) is 62.6 Å². The molecule has 4 heterocycles. The maximum Gasteiger partial charge on any atom is 0.258 e. The maximum absolute atomic E-state index is 13.4. The van der Waals surface area contributed by atoms with E-state index in [2.05, 4.69) is 38.3 Å². The van der Waals surface area contributed by atoms with Crippen LogP contribution in [-0.4, -0.2) is 38.4 Å². The average molecular weight is 425 g/mol. The van der Waals surface area contributed by atoms with Crippen LogP contribution in [0.2, 0.25) is 0 Å². The summed E-state index contributed by atoms with van der Waals surface area (Å²) in [6.45, 7) is 4.04. The number of aromatic amines is 2. The zero-order valence-corrected chi connectivity index (χ0v) is 17.8. The number of aromatic nitrogens is 4. The van der Waals surface area contributed by atoms with Crippen LogP contribution in [0.5, 0.6) is 5.75 Å². The Bertz CT molecular complexity index is 1540. The van der Waals surface area contributed by atoms with E-state index in [9.17, 15) is 9.90 Å². The van der Waals surface area contributed by atoms with Crippen LogP contribution in [0.15, 0.2) is 47.3 Å². The van der Waals surface area contributed by atoms with Gasteiger partial charge < -0.3 is 15.0 Å². The summed E-state index contributed by atoms with van der Waals surface area (Å²) in [7, 11) is 0. The van der Waals surface area contributed by atoms with Gasteiger partial charge in [-0.3, -0.25) is 9.89 Å². The smallest absolute Gasteiger partial charge is 0.258 e. The number of rotatable bonds is 2. The Kier molecular flexibility index (Phi) is 4.18. The van der Waals surface area contributed by atoms with Gasteiger partial charge in [0.05, 0.1) is 22.0 Å². The van der Waals surface area contributed by atoms with Crippen molar-refractivity contribution in [3.05, 3.63) is 58.5 Å². The quantitative estimate of drug-likeness (QED) is 0.359. The molecular weight excluding hydrogens is 402 g/mol. The molecule has 0 bridgehead atoms. The fourth-order valence-electron chi connectivity index (χ4n) is 4.91. The van der Waals surface area contributed by atoms with Gasteiger partial charge in [0.1, 0.15) is 5.75 Å². The zero-order valence-electron chi connectivity index (χ0n) is 17.8. The normalized spacial score (nSPS) is 14.6. The summed E-state index contributed by atoms with van der Waals surface area (Å²) in [6.07, 6.45) is 3.67. The second kappa shape index (κ2) is 7.09. The summed E-state index contributed by atoms with van der Waals surface area (Å²) in [5.74, 6) is 0.166. The van der Waals surface area contributed by atoms with E-state index >= 15 is 0 Å². The van der Waals surface area contributed by atoms with Gasteiger partial charge in [-0.15, -0.1) is 0 Å². The monoisotopic (exact) mass is 425 g/mol. The summed E-state index contributed by atoms with van der Waals surface area (Å²) in [5.41, 5.74) is 4.54. The molecule has 1 saturated heterocycles. The minimum absolute atomic E-state index is 0.166. The fourth-order valence-corrected chi connectivity index (χ4v) is 4.91. The first-order valence-corrected chi connectivity index (χ1v) is 11.0. The van der Waals surface area contributed by atoms with Crippen LogP contribution in [0, 0.1) is 6.92 Å². The highest BCUT2D eigenvalue weighted by Crippen LogP contribution is 2.36. The third-order valence-electron chi connectivity index (χ3n) is 6.49. The van der Waals surface area contributed by atoms with E-state index in [0.717, 1.165) is 51.7 Å². The zero-order chi connectivity index (χ0) is 21.8. The van der Waals surface area contributed by atoms with Gasteiger partial charge >= 0.3 is 0 Å². The number of H-pyrrole nitrogens is 2. The number of phenolic OH excluding ortho intramolecular Hbond substituents is 1. The summed E-state index contributed by atoms with van der Waals surface area (Å²) in [5, 5.41) is 20.4. The lowest BCUT2D eigenvalue weighted by Crippen LogP contribution is -2.29. The van der Waals surface area contributed by atoms with Gasteiger partial charge in [0, 0.05) is 40.8 Å². The standard InChI is InChI=1S/C25H23N5O2/c1-14-20-21-18-10-7-16(30-11-3-2-4-12-30)13-19(18)26-25(32)22(21)23(27-24(20)29-28-14)15-5-8-17(31)9-6-15/h5-10,13,31H,2-4,11-12H2,1H3,(H,26,32)(H,27,28,29). The molecule has 6 rings (SSSR count). The molecule has 1 fully saturated rings. The van der Waals surface area contributed by atoms with E-state index in [0.29, 0.717) is 16.7 Å². The van der Waals surface area contributed by atoms with Crippen LogP contribution in [0.1, 0.15) is 25.0 Å².